The third kappa shape index (κ3) is 3.43. The second-order valence-electron chi connectivity index (χ2n) is 10.1. The van der Waals surface area contributed by atoms with Crippen LogP contribution < -0.4 is 5.32 Å². The summed E-state index contributed by atoms with van der Waals surface area (Å²) >= 11 is 0. The lowest BCUT2D eigenvalue weighted by molar-refractivity contribution is -0.166. The highest BCUT2D eigenvalue weighted by molar-refractivity contribution is 5.86. The summed E-state index contributed by atoms with van der Waals surface area (Å²) in [5.41, 5.74) is 0.421. The van der Waals surface area contributed by atoms with Gasteiger partial charge in [0.05, 0.1) is 5.41 Å². The molecule has 3 aliphatic carbocycles. The summed E-state index contributed by atoms with van der Waals surface area (Å²) in [7, 11) is 0. The number of hydrogen-bond donors (Lipinski definition) is 2. The fourth-order valence-corrected chi connectivity index (χ4v) is 6.31. The highest BCUT2D eigenvalue weighted by Crippen LogP contribution is 2.57. The van der Waals surface area contributed by atoms with Gasteiger partial charge in [-0.2, -0.15) is 0 Å². The fourth-order valence-electron chi connectivity index (χ4n) is 6.31. The number of carboxylic acid groups (broad SMARTS) is 1. The van der Waals surface area contributed by atoms with E-state index in [9.17, 15) is 14.7 Å². The Morgan fingerprint density at radius 2 is 1.65 bits per heavy atom. The van der Waals surface area contributed by atoms with Gasteiger partial charge in [-0.05, 0) is 68.2 Å². The van der Waals surface area contributed by atoms with E-state index < -0.39 is 11.4 Å². The number of aliphatic carboxylic acids is 1. The molecule has 6 rings (SSSR count). The molecule has 0 unspecified atom stereocenters. The number of nitrogens with one attached hydrogen (secondary N) is 1. The molecule has 0 radical (unpaired) electrons. The molecule has 5 nitrogen and oxygen atoms in total. The molecular formula is C26H32N2O3. The molecule has 3 saturated carbocycles. The molecule has 2 bridgehead atoms. The minimum absolute atomic E-state index is 0.213. The van der Waals surface area contributed by atoms with Crippen molar-refractivity contribution in [3.8, 4) is 0 Å². The topological polar surface area (TPSA) is 69.6 Å². The number of hydrogen-bond acceptors (Lipinski definition) is 3. The van der Waals surface area contributed by atoms with E-state index in [1.165, 1.54) is 16.3 Å². The average molecular weight is 421 g/mol. The first-order valence-electron chi connectivity index (χ1n) is 11.7. The quantitative estimate of drug-likeness (QED) is 0.746. The van der Waals surface area contributed by atoms with E-state index in [1.54, 1.807) is 0 Å². The zero-order valence-electron chi connectivity index (χ0n) is 18.3. The SMILES string of the molecule is C[C@@H](N[C@H]1CCN(C(=O)C23CCC(C(=O)O)(CC2)CC3)C1)c1cccc2ccccc12. The lowest BCUT2D eigenvalue weighted by Crippen LogP contribution is -2.53. The number of likely N-dealkylation sites (tertiary alicyclic amines) is 1. The fraction of sp³-hybridized carbons (Fsp3) is 0.538. The second kappa shape index (κ2) is 7.63. The van der Waals surface area contributed by atoms with Crippen molar-refractivity contribution in [2.45, 2.75) is 64.0 Å². The summed E-state index contributed by atoms with van der Waals surface area (Å²) in [5.74, 6) is -0.394. The van der Waals surface area contributed by atoms with Crippen molar-refractivity contribution < 1.29 is 14.7 Å². The molecule has 164 valence electrons. The van der Waals surface area contributed by atoms with Crippen LogP contribution >= 0.6 is 0 Å². The van der Waals surface area contributed by atoms with Crippen LogP contribution in [0.25, 0.3) is 10.8 Å². The van der Waals surface area contributed by atoms with Crippen LogP contribution in [0.3, 0.4) is 0 Å². The van der Waals surface area contributed by atoms with Gasteiger partial charge in [-0.3, -0.25) is 9.59 Å². The van der Waals surface area contributed by atoms with Crippen LogP contribution in [0.5, 0.6) is 0 Å². The van der Waals surface area contributed by atoms with Crippen molar-refractivity contribution in [1.29, 1.82) is 0 Å². The molecule has 4 fully saturated rings. The molecule has 1 amide bonds. The Morgan fingerprint density at radius 1 is 1.00 bits per heavy atom. The van der Waals surface area contributed by atoms with Crippen LogP contribution in [0.4, 0.5) is 0 Å². The molecule has 2 atom stereocenters. The predicted molar refractivity (Wildman–Crippen MR) is 121 cm³/mol. The third-order valence-electron chi connectivity index (χ3n) is 8.40. The number of carbonyl (C=O) groups is 2. The van der Waals surface area contributed by atoms with Crippen molar-refractivity contribution in [2.24, 2.45) is 10.8 Å². The van der Waals surface area contributed by atoms with Crippen LogP contribution in [0, 0.1) is 10.8 Å². The maximum atomic E-state index is 13.5. The van der Waals surface area contributed by atoms with Crippen LogP contribution in [0.2, 0.25) is 0 Å². The van der Waals surface area contributed by atoms with Crippen LogP contribution in [-0.2, 0) is 9.59 Å². The maximum absolute atomic E-state index is 13.5. The molecule has 0 aromatic heterocycles. The van der Waals surface area contributed by atoms with E-state index >= 15 is 0 Å². The number of carboxylic acids is 1. The summed E-state index contributed by atoms with van der Waals surface area (Å²) in [4.78, 5) is 27.2. The Labute approximate surface area is 183 Å². The normalized spacial score (nSPS) is 31.1. The Bertz CT molecular complexity index is 987. The van der Waals surface area contributed by atoms with Crippen molar-refractivity contribution >= 4 is 22.6 Å². The summed E-state index contributed by atoms with van der Waals surface area (Å²) < 4.78 is 0. The largest absolute Gasteiger partial charge is 0.481 e. The molecule has 5 heteroatoms. The lowest BCUT2D eigenvalue weighted by atomic mass is 9.53. The van der Waals surface area contributed by atoms with Crippen molar-refractivity contribution in [1.82, 2.24) is 10.2 Å². The highest BCUT2D eigenvalue weighted by Gasteiger charge is 2.56. The Hall–Kier alpha value is -2.40. The van der Waals surface area contributed by atoms with Gasteiger partial charge in [0, 0.05) is 30.6 Å². The maximum Gasteiger partial charge on any atom is 0.309 e. The van der Waals surface area contributed by atoms with E-state index in [1.807, 2.05) is 4.90 Å². The number of benzene rings is 2. The monoisotopic (exact) mass is 420 g/mol. The van der Waals surface area contributed by atoms with Gasteiger partial charge in [-0.25, -0.2) is 0 Å². The molecule has 1 heterocycles. The van der Waals surface area contributed by atoms with Gasteiger partial charge in [-0.1, -0.05) is 42.5 Å². The molecule has 31 heavy (non-hydrogen) atoms. The van der Waals surface area contributed by atoms with E-state index in [0.717, 1.165) is 38.8 Å². The number of rotatable bonds is 5. The molecule has 2 N–H and O–H groups in total. The first-order valence-corrected chi connectivity index (χ1v) is 11.7. The number of nitrogens with zero attached hydrogens (tertiary/aromatic N) is 1. The molecule has 2 aromatic rings. The zero-order chi connectivity index (χ0) is 21.6. The number of carbonyl (C=O) groups excluding carboxylic acids is 1. The van der Waals surface area contributed by atoms with Crippen molar-refractivity contribution in [2.75, 3.05) is 13.1 Å². The van der Waals surface area contributed by atoms with Gasteiger partial charge in [0.15, 0.2) is 0 Å². The van der Waals surface area contributed by atoms with E-state index in [0.29, 0.717) is 25.3 Å². The molecule has 1 aliphatic heterocycles. The number of amides is 1. The van der Waals surface area contributed by atoms with Gasteiger partial charge in [0.25, 0.3) is 0 Å². The van der Waals surface area contributed by atoms with E-state index in [4.69, 9.17) is 0 Å². The molecule has 4 aliphatic rings. The third-order valence-corrected chi connectivity index (χ3v) is 8.40. The van der Waals surface area contributed by atoms with Crippen LogP contribution in [-0.4, -0.2) is 41.0 Å². The first-order chi connectivity index (χ1) is 14.9. The van der Waals surface area contributed by atoms with Gasteiger partial charge >= 0.3 is 5.97 Å². The minimum atomic E-state index is -0.666. The Kier molecular flexibility index (Phi) is 5.04. The van der Waals surface area contributed by atoms with E-state index in [-0.39, 0.29) is 17.4 Å². The molecule has 0 spiro atoms. The second-order valence-corrected chi connectivity index (χ2v) is 10.1. The smallest absolute Gasteiger partial charge is 0.309 e. The average Bonchev–Trinajstić information content (AvgIpc) is 3.27. The lowest BCUT2D eigenvalue weighted by Gasteiger charge is -2.51. The van der Waals surface area contributed by atoms with Gasteiger partial charge in [0.2, 0.25) is 5.91 Å². The zero-order valence-corrected chi connectivity index (χ0v) is 18.3. The van der Waals surface area contributed by atoms with Crippen molar-refractivity contribution in [3.63, 3.8) is 0 Å². The predicted octanol–water partition coefficient (Wildman–Crippen LogP) is 4.52. The molecule has 1 saturated heterocycles. The van der Waals surface area contributed by atoms with Gasteiger partial charge in [0.1, 0.15) is 0 Å². The highest BCUT2D eigenvalue weighted by atomic mass is 16.4. The summed E-state index contributed by atoms with van der Waals surface area (Å²) in [5, 5.41) is 15.9. The van der Waals surface area contributed by atoms with Crippen LogP contribution in [0.1, 0.15) is 63.5 Å². The summed E-state index contributed by atoms with van der Waals surface area (Å²) in [6.07, 6.45) is 5.14. The summed E-state index contributed by atoms with van der Waals surface area (Å²) in [6, 6.07) is 15.4. The summed E-state index contributed by atoms with van der Waals surface area (Å²) in [6.45, 7) is 3.75. The minimum Gasteiger partial charge on any atom is -0.481 e. The van der Waals surface area contributed by atoms with Crippen molar-refractivity contribution in [3.05, 3.63) is 48.0 Å². The van der Waals surface area contributed by atoms with Gasteiger partial charge in [-0.15, -0.1) is 0 Å². The Morgan fingerprint density at radius 3 is 2.35 bits per heavy atom. The number of fused-ring (bicyclic) bond motifs is 4. The Balaban J connectivity index is 1.23. The first kappa shape index (κ1) is 20.5. The molecule has 2 aromatic carbocycles. The standard InChI is InChI=1S/C26H32N2O3/c1-18(21-8-4-6-19-5-2-3-7-22(19)21)27-20-9-16-28(17-20)23(29)25-10-13-26(14-11-25,15-12-25)24(30)31/h2-8,18,20,27H,9-17H2,1H3,(H,30,31)/t18-,20+,25?,26?/m1/s1. The van der Waals surface area contributed by atoms with Crippen LogP contribution in [0.15, 0.2) is 42.5 Å². The van der Waals surface area contributed by atoms with Gasteiger partial charge < -0.3 is 15.3 Å². The van der Waals surface area contributed by atoms with E-state index in [2.05, 4.69) is 54.7 Å². The molecular weight excluding hydrogens is 388 g/mol.